The summed E-state index contributed by atoms with van der Waals surface area (Å²) in [6.07, 6.45) is 0. The van der Waals surface area contributed by atoms with E-state index in [1.165, 1.54) is 0 Å². The summed E-state index contributed by atoms with van der Waals surface area (Å²) in [6, 6.07) is 10.4. The lowest BCUT2D eigenvalue weighted by Gasteiger charge is -2.36. The van der Waals surface area contributed by atoms with Crippen molar-refractivity contribution in [2.24, 2.45) is 0 Å². The molecule has 3 rings (SSSR count). The van der Waals surface area contributed by atoms with Gasteiger partial charge in [-0.25, -0.2) is 8.78 Å². The molecule has 1 aliphatic heterocycles. The predicted molar refractivity (Wildman–Crippen MR) is 108 cm³/mol. The summed E-state index contributed by atoms with van der Waals surface area (Å²) in [5.74, 6) is -3.57. The first-order valence-electron chi connectivity index (χ1n) is 9.19. The molecule has 0 radical (unpaired) electrons. The molecule has 2 aromatic carbocycles. The molecule has 0 unspecified atom stereocenters. The number of nitrogens with zero attached hydrogens (tertiary/aromatic N) is 2. The summed E-state index contributed by atoms with van der Waals surface area (Å²) in [7, 11) is 0. The van der Waals surface area contributed by atoms with Crippen molar-refractivity contribution in [2.45, 2.75) is 0 Å². The second-order valence-electron chi connectivity index (χ2n) is 6.64. The SMILES string of the molecule is O=C(NCCN1CCN(c2ccc(Cl)cc2)CC1)C(=O)Nc1ccc(F)cc1F. The van der Waals surface area contributed by atoms with Gasteiger partial charge in [0.1, 0.15) is 11.6 Å². The average Bonchev–Trinajstić information content (AvgIpc) is 2.71. The molecule has 154 valence electrons. The molecule has 1 aliphatic rings. The highest BCUT2D eigenvalue weighted by Crippen LogP contribution is 2.19. The summed E-state index contributed by atoms with van der Waals surface area (Å²) in [5.41, 5.74) is 0.872. The fourth-order valence-electron chi connectivity index (χ4n) is 3.06. The zero-order valence-electron chi connectivity index (χ0n) is 15.6. The summed E-state index contributed by atoms with van der Waals surface area (Å²) in [6.45, 7) is 4.23. The van der Waals surface area contributed by atoms with E-state index in [9.17, 15) is 18.4 Å². The van der Waals surface area contributed by atoms with Crippen LogP contribution in [0.25, 0.3) is 0 Å². The third-order valence-corrected chi connectivity index (χ3v) is 4.92. The van der Waals surface area contributed by atoms with Crippen LogP contribution < -0.4 is 15.5 Å². The van der Waals surface area contributed by atoms with Crippen molar-refractivity contribution >= 4 is 34.8 Å². The second kappa shape index (κ2) is 9.67. The summed E-state index contributed by atoms with van der Waals surface area (Å²) < 4.78 is 26.4. The van der Waals surface area contributed by atoms with Gasteiger partial charge in [-0.15, -0.1) is 0 Å². The van der Waals surface area contributed by atoms with Gasteiger partial charge in [0.25, 0.3) is 0 Å². The number of rotatable bonds is 5. The molecule has 2 aromatic rings. The van der Waals surface area contributed by atoms with Gasteiger partial charge in [-0.3, -0.25) is 14.5 Å². The van der Waals surface area contributed by atoms with Crippen LogP contribution in [-0.4, -0.2) is 56.0 Å². The Balaban J connectivity index is 1.38. The van der Waals surface area contributed by atoms with E-state index in [0.717, 1.165) is 44.0 Å². The van der Waals surface area contributed by atoms with Crippen molar-refractivity contribution in [3.8, 4) is 0 Å². The van der Waals surface area contributed by atoms with Gasteiger partial charge in [0.05, 0.1) is 5.69 Å². The molecule has 2 amide bonds. The number of benzene rings is 2. The normalized spacial score (nSPS) is 14.5. The number of carbonyl (C=O) groups excluding carboxylic acids is 2. The van der Waals surface area contributed by atoms with Gasteiger partial charge < -0.3 is 15.5 Å². The number of hydrogen-bond donors (Lipinski definition) is 2. The first-order valence-corrected chi connectivity index (χ1v) is 9.57. The van der Waals surface area contributed by atoms with E-state index in [1.54, 1.807) is 0 Å². The fraction of sp³-hybridized carbons (Fsp3) is 0.300. The van der Waals surface area contributed by atoms with Crippen LogP contribution in [0.1, 0.15) is 0 Å². The summed E-state index contributed by atoms with van der Waals surface area (Å²) >= 11 is 5.91. The monoisotopic (exact) mass is 422 g/mol. The second-order valence-corrected chi connectivity index (χ2v) is 7.08. The van der Waals surface area contributed by atoms with Crippen molar-refractivity contribution in [1.82, 2.24) is 10.2 Å². The number of halogens is 3. The molecule has 0 aliphatic carbocycles. The van der Waals surface area contributed by atoms with Gasteiger partial charge in [0.15, 0.2) is 0 Å². The van der Waals surface area contributed by atoms with E-state index in [-0.39, 0.29) is 5.69 Å². The molecule has 2 N–H and O–H groups in total. The third kappa shape index (κ3) is 5.88. The van der Waals surface area contributed by atoms with Crippen molar-refractivity contribution in [2.75, 3.05) is 49.5 Å². The maximum Gasteiger partial charge on any atom is 0.313 e. The number of carbonyl (C=O) groups is 2. The van der Waals surface area contributed by atoms with Crippen LogP contribution in [0.4, 0.5) is 20.2 Å². The highest BCUT2D eigenvalue weighted by molar-refractivity contribution is 6.39. The van der Waals surface area contributed by atoms with Crippen molar-refractivity contribution in [1.29, 1.82) is 0 Å². The average molecular weight is 423 g/mol. The maximum atomic E-state index is 13.5. The zero-order chi connectivity index (χ0) is 20.8. The summed E-state index contributed by atoms with van der Waals surface area (Å²) in [5, 5.41) is 5.35. The molecule has 1 heterocycles. The van der Waals surface area contributed by atoms with Crippen LogP contribution in [0.2, 0.25) is 5.02 Å². The molecule has 0 aromatic heterocycles. The van der Waals surface area contributed by atoms with Crippen molar-refractivity contribution in [3.05, 3.63) is 59.1 Å². The predicted octanol–water partition coefficient (Wildman–Crippen LogP) is 2.50. The van der Waals surface area contributed by atoms with Crippen molar-refractivity contribution in [3.63, 3.8) is 0 Å². The van der Waals surface area contributed by atoms with E-state index in [0.29, 0.717) is 24.2 Å². The maximum absolute atomic E-state index is 13.5. The minimum absolute atomic E-state index is 0.245. The van der Waals surface area contributed by atoms with Crippen LogP contribution in [0.15, 0.2) is 42.5 Å². The molecule has 0 atom stereocenters. The smallest absolute Gasteiger partial charge is 0.313 e. The lowest BCUT2D eigenvalue weighted by Crippen LogP contribution is -2.49. The number of piperazine rings is 1. The van der Waals surface area contributed by atoms with Crippen molar-refractivity contribution < 1.29 is 18.4 Å². The number of anilines is 2. The molecule has 0 spiro atoms. The van der Waals surface area contributed by atoms with Crippen LogP contribution in [0.5, 0.6) is 0 Å². The number of nitrogens with one attached hydrogen (secondary N) is 2. The number of hydrogen-bond acceptors (Lipinski definition) is 4. The number of amides is 2. The highest BCUT2D eigenvalue weighted by Gasteiger charge is 2.19. The minimum atomic E-state index is -0.997. The Morgan fingerprint density at radius 2 is 1.66 bits per heavy atom. The van der Waals surface area contributed by atoms with E-state index in [4.69, 9.17) is 11.6 Å². The molecular weight excluding hydrogens is 402 g/mol. The van der Waals surface area contributed by atoms with E-state index in [1.807, 2.05) is 24.3 Å². The topological polar surface area (TPSA) is 64.7 Å². The first kappa shape index (κ1) is 21.0. The summed E-state index contributed by atoms with van der Waals surface area (Å²) in [4.78, 5) is 28.2. The quantitative estimate of drug-likeness (QED) is 0.727. The Labute approximate surface area is 172 Å². The molecule has 0 saturated carbocycles. The third-order valence-electron chi connectivity index (χ3n) is 4.66. The Morgan fingerprint density at radius 3 is 2.31 bits per heavy atom. The highest BCUT2D eigenvalue weighted by atomic mass is 35.5. The fourth-order valence-corrected chi connectivity index (χ4v) is 3.19. The van der Waals surface area contributed by atoms with Crippen LogP contribution in [0.3, 0.4) is 0 Å². The van der Waals surface area contributed by atoms with Gasteiger partial charge >= 0.3 is 11.8 Å². The van der Waals surface area contributed by atoms with E-state index in [2.05, 4.69) is 20.4 Å². The molecule has 1 saturated heterocycles. The molecule has 6 nitrogen and oxygen atoms in total. The zero-order valence-corrected chi connectivity index (χ0v) is 16.4. The van der Waals surface area contributed by atoms with Gasteiger partial charge in [0, 0.05) is 56.0 Å². The molecule has 1 fully saturated rings. The van der Waals surface area contributed by atoms with Gasteiger partial charge in [-0.2, -0.15) is 0 Å². The van der Waals surface area contributed by atoms with Gasteiger partial charge in [0.2, 0.25) is 0 Å². The molecule has 29 heavy (non-hydrogen) atoms. The van der Waals surface area contributed by atoms with Gasteiger partial charge in [-0.05, 0) is 36.4 Å². The minimum Gasteiger partial charge on any atom is -0.369 e. The largest absolute Gasteiger partial charge is 0.369 e. The van der Waals surface area contributed by atoms with Crippen LogP contribution >= 0.6 is 11.6 Å². The Bertz CT molecular complexity index is 871. The Morgan fingerprint density at radius 1 is 0.966 bits per heavy atom. The lowest BCUT2D eigenvalue weighted by molar-refractivity contribution is -0.136. The van der Waals surface area contributed by atoms with E-state index < -0.39 is 23.4 Å². The van der Waals surface area contributed by atoms with E-state index >= 15 is 0 Å². The standard InChI is InChI=1S/C20H21ClF2N4O2/c21-14-1-4-16(5-2-14)27-11-9-26(10-12-27)8-7-24-19(28)20(29)25-18-6-3-15(22)13-17(18)23/h1-6,13H,7-12H2,(H,24,28)(H,25,29). The Hall–Kier alpha value is -2.71. The van der Waals surface area contributed by atoms with Crippen LogP contribution in [-0.2, 0) is 9.59 Å². The van der Waals surface area contributed by atoms with Crippen LogP contribution in [0, 0.1) is 11.6 Å². The van der Waals surface area contributed by atoms with Gasteiger partial charge in [-0.1, -0.05) is 11.6 Å². The Kier molecular flexibility index (Phi) is 7.00. The lowest BCUT2D eigenvalue weighted by atomic mass is 10.2. The first-order chi connectivity index (χ1) is 13.9. The molecule has 9 heteroatoms. The molecular formula is C20H21ClF2N4O2. The molecule has 0 bridgehead atoms.